The number of aliphatic carboxylic acids is 1. The molecule has 0 unspecified atom stereocenters. The van der Waals surface area contributed by atoms with Crippen LogP contribution in [0.25, 0.3) is 0 Å². The first-order valence-corrected chi connectivity index (χ1v) is 13.9. The first-order valence-electron chi connectivity index (χ1n) is 12.5. The molecule has 0 aromatic carbocycles. The topological polar surface area (TPSA) is 189 Å². The molecule has 1 aromatic rings. The summed E-state index contributed by atoms with van der Waals surface area (Å²) in [5.74, 6) is -2.85. The molecule has 0 fully saturated rings. The van der Waals surface area contributed by atoms with E-state index in [0.717, 1.165) is 0 Å². The van der Waals surface area contributed by atoms with Crippen molar-refractivity contribution in [1.82, 2.24) is 25.9 Å². The molecule has 39 heavy (non-hydrogen) atoms. The van der Waals surface area contributed by atoms with Gasteiger partial charge in [0.05, 0.1) is 6.33 Å². The van der Waals surface area contributed by atoms with Crippen LogP contribution in [0.5, 0.6) is 0 Å². The molecule has 0 aliphatic rings. The number of aromatic nitrogens is 2. The highest BCUT2D eigenvalue weighted by Gasteiger charge is 2.31. The van der Waals surface area contributed by atoms with Crippen LogP contribution in [0.4, 0.5) is 4.79 Å². The number of carbonyl (C=O) groups excluding carboxylic acids is 4. The van der Waals surface area contributed by atoms with Crippen molar-refractivity contribution in [2.24, 2.45) is 0 Å². The van der Waals surface area contributed by atoms with Crippen LogP contribution in [0.2, 0.25) is 0 Å². The Morgan fingerprint density at radius 3 is 1.97 bits per heavy atom. The van der Waals surface area contributed by atoms with E-state index in [1.165, 1.54) is 24.3 Å². The fourth-order valence-electron chi connectivity index (χ4n) is 3.24. The van der Waals surface area contributed by atoms with Crippen molar-refractivity contribution in [1.29, 1.82) is 0 Å². The summed E-state index contributed by atoms with van der Waals surface area (Å²) in [7, 11) is 0. The first-order chi connectivity index (χ1) is 18.0. The maximum absolute atomic E-state index is 13.2. The second-order valence-electron chi connectivity index (χ2n) is 10.8. The highest BCUT2D eigenvalue weighted by Crippen LogP contribution is 2.12. The molecule has 0 spiro atoms. The van der Waals surface area contributed by atoms with Crippen molar-refractivity contribution >= 4 is 41.6 Å². The number of ether oxygens (including phenoxy) is 2. The molecule has 1 rings (SSSR count). The van der Waals surface area contributed by atoms with Crippen molar-refractivity contribution in [2.75, 3.05) is 12.0 Å². The number of alkyl carbamates (subject to hydrolysis) is 1. The fraction of sp³-hybridized carbons (Fsp3) is 0.680. The number of hydrogen-bond donors (Lipinski definition) is 5. The number of carboxylic acids is 1. The van der Waals surface area contributed by atoms with Crippen LogP contribution in [-0.2, 0) is 35.1 Å². The summed E-state index contributed by atoms with van der Waals surface area (Å²) in [5.41, 5.74) is -1.06. The predicted octanol–water partition coefficient (Wildman–Crippen LogP) is 1.77. The Bertz CT molecular complexity index is 972. The summed E-state index contributed by atoms with van der Waals surface area (Å²) in [5, 5.41) is 17.1. The number of carbonyl (C=O) groups is 5. The SMILES string of the molecule is CSCC[C@H](NC(=O)OC(C)(C)C)C(=O)N[C@@H](CCC(=O)OC(C)(C)C)C(=O)N[C@@H](Cc1cnc[nH]1)C(=O)O. The van der Waals surface area contributed by atoms with Gasteiger partial charge in [-0.3, -0.25) is 14.4 Å². The highest BCUT2D eigenvalue weighted by atomic mass is 32.2. The van der Waals surface area contributed by atoms with Crippen molar-refractivity contribution in [3.63, 3.8) is 0 Å². The Morgan fingerprint density at radius 2 is 1.49 bits per heavy atom. The van der Waals surface area contributed by atoms with E-state index in [0.29, 0.717) is 11.4 Å². The third-order valence-corrected chi connectivity index (χ3v) is 5.55. The van der Waals surface area contributed by atoms with Gasteiger partial charge in [-0.15, -0.1) is 0 Å². The quantitative estimate of drug-likeness (QED) is 0.206. The minimum Gasteiger partial charge on any atom is -0.480 e. The van der Waals surface area contributed by atoms with Crippen molar-refractivity contribution in [2.45, 2.75) is 96.6 Å². The second-order valence-corrected chi connectivity index (χ2v) is 11.8. The van der Waals surface area contributed by atoms with Gasteiger partial charge in [-0.2, -0.15) is 11.8 Å². The number of carboxylic acid groups (broad SMARTS) is 1. The van der Waals surface area contributed by atoms with Crippen LogP contribution in [-0.4, -0.2) is 86.3 Å². The lowest BCUT2D eigenvalue weighted by Crippen LogP contribution is -2.56. The van der Waals surface area contributed by atoms with Gasteiger partial charge in [0, 0.05) is 24.7 Å². The lowest BCUT2D eigenvalue weighted by Gasteiger charge is -2.26. The normalized spacial score (nSPS) is 13.9. The number of thioether (sulfide) groups is 1. The molecule has 13 nitrogen and oxygen atoms in total. The maximum atomic E-state index is 13.2. The van der Waals surface area contributed by atoms with Crippen molar-refractivity contribution in [3.05, 3.63) is 18.2 Å². The number of aromatic amines is 1. The number of amides is 3. The van der Waals surface area contributed by atoms with Crippen LogP contribution < -0.4 is 16.0 Å². The van der Waals surface area contributed by atoms with Crippen LogP contribution in [0, 0.1) is 0 Å². The Labute approximate surface area is 232 Å². The van der Waals surface area contributed by atoms with E-state index in [4.69, 9.17) is 9.47 Å². The van der Waals surface area contributed by atoms with Crippen LogP contribution in [0.3, 0.4) is 0 Å². The van der Waals surface area contributed by atoms with Gasteiger partial charge in [-0.05, 0) is 66.4 Å². The number of nitrogens with zero attached hydrogens (tertiary/aromatic N) is 1. The van der Waals surface area contributed by atoms with Gasteiger partial charge >= 0.3 is 18.0 Å². The number of H-pyrrole nitrogens is 1. The molecule has 0 aliphatic carbocycles. The zero-order chi connectivity index (χ0) is 29.8. The Balaban J connectivity index is 3.08. The van der Waals surface area contributed by atoms with Crippen LogP contribution in [0.1, 0.15) is 66.5 Å². The van der Waals surface area contributed by atoms with E-state index in [2.05, 4.69) is 25.9 Å². The molecule has 3 amide bonds. The number of imidazole rings is 1. The minimum atomic E-state index is -1.33. The summed E-state index contributed by atoms with van der Waals surface area (Å²) in [4.78, 5) is 69.5. The fourth-order valence-corrected chi connectivity index (χ4v) is 3.71. The largest absolute Gasteiger partial charge is 0.480 e. The van der Waals surface area contributed by atoms with E-state index in [1.807, 2.05) is 6.26 Å². The molecule has 5 N–H and O–H groups in total. The second kappa shape index (κ2) is 15.3. The summed E-state index contributed by atoms with van der Waals surface area (Å²) in [6.07, 6.45) is 3.63. The molecular weight excluding hydrogens is 530 g/mol. The molecule has 1 heterocycles. The van der Waals surface area contributed by atoms with Gasteiger partial charge in [-0.1, -0.05) is 0 Å². The average molecular weight is 572 g/mol. The number of nitrogens with one attached hydrogen (secondary N) is 4. The Hall–Kier alpha value is -3.29. The minimum absolute atomic E-state index is 0.0790. The van der Waals surface area contributed by atoms with Crippen LogP contribution >= 0.6 is 11.8 Å². The number of esters is 1. The zero-order valence-electron chi connectivity index (χ0n) is 23.6. The van der Waals surface area contributed by atoms with Gasteiger partial charge in [0.1, 0.15) is 29.3 Å². The molecular formula is C25H41N5O8S. The molecule has 0 bridgehead atoms. The van der Waals surface area contributed by atoms with E-state index >= 15 is 0 Å². The summed E-state index contributed by atoms with van der Waals surface area (Å²) in [6.45, 7) is 10.1. The summed E-state index contributed by atoms with van der Waals surface area (Å²) >= 11 is 1.46. The third kappa shape index (κ3) is 14.4. The predicted molar refractivity (Wildman–Crippen MR) is 145 cm³/mol. The van der Waals surface area contributed by atoms with Gasteiger partial charge in [0.15, 0.2) is 0 Å². The van der Waals surface area contributed by atoms with Gasteiger partial charge in [-0.25, -0.2) is 14.6 Å². The molecule has 14 heteroatoms. The van der Waals surface area contributed by atoms with Gasteiger partial charge < -0.3 is 35.5 Å². The third-order valence-electron chi connectivity index (χ3n) is 4.90. The van der Waals surface area contributed by atoms with Crippen molar-refractivity contribution in [3.8, 4) is 0 Å². The molecule has 0 saturated heterocycles. The maximum Gasteiger partial charge on any atom is 0.408 e. The van der Waals surface area contributed by atoms with Crippen LogP contribution in [0.15, 0.2) is 12.5 Å². The number of rotatable bonds is 14. The zero-order valence-corrected chi connectivity index (χ0v) is 24.4. The average Bonchev–Trinajstić information content (AvgIpc) is 3.29. The van der Waals surface area contributed by atoms with E-state index in [1.54, 1.807) is 41.5 Å². The molecule has 1 aromatic heterocycles. The number of hydrogen-bond acceptors (Lipinski definition) is 9. The first kappa shape index (κ1) is 33.7. The van der Waals surface area contributed by atoms with E-state index < -0.39 is 59.2 Å². The van der Waals surface area contributed by atoms with Gasteiger partial charge in [0.25, 0.3) is 0 Å². The summed E-state index contributed by atoms with van der Waals surface area (Å²) in [6, 6.07) is -3.65. The Kier molecular flexibility index (Phi) is 13.3. The van der Waals surface area contributed by atoms with E-state index in [-0.39, 0.29) is 25.7 Å². The Morgan fingerprint density at radius 1 is 0.923 bits per heavy atom. The molecule has 0 radical (unpaired) electrons. The molecule has 0 aliphatic heterocycles. The van der Waals surface area contributed by atoms with E-state index in [9.17, 15) is 29.1 Å². The van der Waals surface area contributed by atoms with Crippen molar-refractivity contribution < 1.29 is 38.6 Å². The smallest absolute Gasteiger partial charge is 0.408 e. The lowest BCUT2D eigenvalue weighted by molar-refractivity contribution is -0.155. The lowest BCUT2D eigenvalue weighted by atomic mass is 10.1. The summed E-state index contributed by atoms with van der Waals surface area (Å²) < 4.78 is 10.6. The molecule has 220 valence electrons. The standard InChI is InChI=1S/C25H41N5O8S/c1-24(2,3)37-19(31)9-8-16(20(32)29-18(22(34)35)12-15-13-26-14-27-15)28-21(33)17(10-11-39-7)30-23(36)38-25(4,5)6/h13-14,16-18H,8-12H2,1-7H3,(H,26,27)(H,28,33)(H,29,32)(H,30,36)(H,34,35)/t16-,17-,18-/m0/s1. The molecule has 0 saturated carbocycles. The monoisotopic (exact) mass is 571 g/mol. The molecule has 3 atom stereocenters. The highest BCUT2D eigenvalue weighted by molar-refractivity contribution is 7.98. The van der Waals surface area contributed by atoms with Gasteiger partial charge in [0.2, 0.25) is 11.8 Å².